The standard InChI is InChI=1S/C21H28O2.C7H12O3/c1-9(2)21(22)23-16-7-12-6-13(16)20-15-8-14(19(12)20)17-10-3-4-11(5-10)18(15)17;1-6(8)10-7-4-2-3-5-9-7/h10-20H,1,3-8H2,2H3;7H,2-5H2,1H3. The Balaban J connectivity index is 0.000000176. The van der Waals surface area contributed by atoms with Crippen LogP contribution in [0.15, 0.2) is 12.2 Å². The molecule has 0 spiro atoms. The molecule has 7 fully saturated rings. The molecule has 182 valence electrons. The molecule has 1 aliphatic heterocycles. The maximum Gasteiger partial charge on any atom is 0.333 e. The van der Waals surface area contributed by atoms with Crippen LogP contribution in [0.2, 0.25) is 0 Å². The second-order valence-electron chi connectivity index (χ2n) is 12.2. The first kappa shape index (κ1) is 22.1. The molecule has 7 rings (SSSR count). The van der Waals surface area contributed by atoms with Gasteiger partial charge in [0.2, 0.25) is 6.29 Å². The maximum atomic E-state index is 12.0. The number of carbonyl (C=O) groups excluding carboxylic acids is 2. The van der Waals surface area contributed by atoms with Gasteiger partial charge in [-0.15, -0.1) is 0 Å². The van der Waals surface area contributed by atoms with E-state index in [1.54, 1.807) is 19.8 Å². The molecule has 0 aromatic rings. The summed E-state index contributed by atoms with van der Waals surface area (Å²) in [5.74, 6) is 9.43. The number of hydrogen-bond acceptors (Lipinski definition) is 5. The van der Waals surface area contributed by atoms with E-state index in [4.69, 9.17) is 14.2 Å². The molecule has 33 heavy (non-hydrogen) atoms. The maximum absolute atomic E-state index is 12.0. The number of hydrogen-bond donors (Lipinski definition) is 0. The smallest absolute Gasteiger partial charge is 0.333 e. The molecule has 5 nitrogen and oxygen atoms in total. The molecule has 6 aliphatic carbocycles. The van der Waals surface area contributed by atoms with Gasteiger partial charge < -0.3 is 14.2 Å². The zero-order chi connectivity index (χ0) is 22.9. The Morgan fingerprint density at radius 1 is 0.758 bits per heavy atom. The van der Waals surface area contributed by atoms with Gasteiger partial charge in [0.15, 0.2) is 0 Å². The molecule has 5 heteroatoms. The molecule has 12 atom stereocenters. The van der Waals surface area contributed by atoms with Crippen molar-refractivity contribution in [2.24, 2.45) is 59.2 Å². The summed E-state index contributed by atoms with van der Waals surface area (Å²) in [4.78, 5) is 22.4. The number of esters is 2. The third kappa shape index (κ3) is 3.59. The SMILES string of the molecule is C=C(C)C(=O)OC1CC2CC1C1C3CC(C4C5CCC(C5)C34)C21.CC(=O)OC1CCCCO1. The zero-order valence-electron chi connectivity index (χ0n) is 20.2. The minimum atomic E-state index is -0.272. The van der Waals surface area contributed by atoms with Crippen molar-refractivity contribution < 1.29 is 23.8 Å². The van der Waals surface area contributed by atoms with Gasteiger partial charge in [0.05, 0.1) is 6.61 Å². The minimum absolute atomic E-state index is 0.153. The van der Waals surface area contributed by atoms with Crippen molar-refractivity contribution in [1.82, 2.24) is 0 Å². The van der Waals surface area contributed by atoms with Gasteiger partial charge in [0.1, 0.15) is 6.10 Å². The summed E-state index contributed by atoms with van der Waals surface area (Å²) < 4.78 is 15.8. The summed E-state index contributed by atoms with van der Waals surface area (Å²) >= 11 is 0. The van der Waals surface area contributed by atoms with E-state index >= 15 is 0 Å². The van der Waals surface area contributed by atoms with Gasteiger partial charge in [-0.3, -0.25) is 4.79 Å². The Labute approximate surface area is 198 Å². The van der Waals surface area contributed by atoms with Crippen molar-refractivity contribution in [2.75, 3.05) is 6.61 Å². The second kappa shape index (κ2) is 8.39. The van der Waals surface area contributed by atoms with E-state index in [1.807, 2.05) is 0 Å². The highest BCUT2D eigenvalue weighted by atomic mass is 16.7. The lowest BCUT2D eigenvalue weighted by Gasteiger charge is -2.46. The lowest BCUT2D eigenvalue weighted by atomic mass is 9.59. The fourth-order valence-electron chi connectivity index (χ4n) is 10.1. The molecule has 0 N–H and O–H groups in total. The molecule has 6 bridgehead atoms. The lowest BCUT2D eigenvalue weighted by Crippen LogP contribution is -2.44. The van der Waals surface area contributed by atoms with Crippen molar-refractivity contribution in [2.45, 2.75) is 84.0 Å². The Hall–Kier alpha value is -1.36. The van der Waals surface area contributed by atoms with Crippen molar-refractivity contribution in [1.29, 1.82) is 0 Å². The highest BCUT2D eigenvalue weighted by Gasteiger charge is 2.71. The van der Waals surface area contributed by atoms with E-state index in [0.717, 1.165) is 85.6 Å². The van der Waals surface area contributed by atoms with Crippen LogP contribution in [0.3, 0.4) is 0 Å². The average Bonchev–Trinajstić information content (AvgIpc) is 3.60. The monoisotopic (exact) mass is 456 g/mol. The van der Waals surface area contributed by atoms with Crippen LogP contribution in [-0.4, -0.2) is 30.9 Å². The van der Waals surface area contributed by atoms with Crippen molar-refractivity contribution in [3.05, 3.63) is 12.2 Å². The van der Waals surface area contributed by atoms with Gasteiger partial charge in [-0.05, 0) is 117 Å². The molecule has 0 radical (unpaired) electrons. The Morgan fingerprint density at radius 2 is 1.45 bits per heavy atom. The van der Waals surface area contributed by atoms with Crippen LogP contribution in [0.1, 0.15) is 71.6 Å². The summed E-state index contributed by atoms with van der Waals surface area (Å²) in [6.07, 6.45) is 11.6. The van der Waals surface area contributed by atoms with Crippen LogP contribution >= 0.6 is 0 Å². The number of ether oxygens (including phenoxy) is 3. The van der Waals surface area contributed by atoms with Crippen molar-refractivity contribution >= 4 is 11.9 Å². The second-order valence-corrected chi connectivity index (χ2v) is 12.2. The topological polar surface area (TPSA) is 61.8 Å². The highest BCUT2D eigenvalue weighted by Crippen LogP contribution is 2.76. The quantitative estimate of drug-likeness (QED) is 0.334. The first-order valence-electron chi connectivity index (χ1n) is 13.6. The largest absolute Gasteiger partial charge is 0.459 e. The molecule has 0 aromatic carbocycles. The summed E-state index contributed by atoms with van der Waals surface area (Å²) in [6, 6.07) is 0. The Kier molecular flexibility index (Phi) is 5.63. The van der Waals surface area contributed by atoms with Crippen LogP contribution in [0.25, 0.3) is 0 Å². The first-order valence-corrected chi connectivity index (χ1v) is 13.6. The number of fused-ring (bicyclic) bond motifs is 16. The number of carbonyl (C=O) groups is 2. The van der Waals surface area contributed by atoms with E-state index in [0.29, 0.717) is 11.5 Å². The van der Waals surface area contributed by atoms with Crippen molar-refractivity contribution in [3.8, 4) is 0 Å². The van der Waals surface area contributed by atoms with E-state index < -0.39 is 0 Å². The minimum Gasteiger partial charge on any atom is -0.459 e. The fraction of sp³-hybridized carbons (Fsp3) is 0.857. The molecule has 0 aromatic heterocycles. The summed E-state index contributed by atoms with van der Waals surface area (Å²) in [5.41, 5.74) is 0.561. The van der Waals surface area contributed by atoms with Gasteiger partial charge >= 0.3 is 11.9 Å². The predicted octanol–water partition coefficient (Wildman–Crippen LogP) is 5.13. The highest BCUT2D eigenvalue weighted by molar-refractivity contribution is 5.87. The van der Waals surface area contributed by atoms with E-state index in [-0.39, 0.29) is 24.3 Å². The molecular weight excluding hydrogens is 416 g/mol. The average molecular weight is 457 g/mol. The third-order valence-corrected chi connectivity index (χ3v) is 10.7. The lowest BCUT2D eigenvalue weighted by molar-refractivity contribution is -0.184. The first-order chi connectivity index (χ1) is 15.9. The van der Waals surface area contributed by atoms with E-state index in [9.17, 15) is 9.59 Å². The Bertz CT molecular complexity index is 815. The summed E-state index contributed by atoms with van der Waals surface area (Å²) in [5, 5.41) is 0. The molecule has 6 saturated carbocycles. The van der Waals surface area contributed by atoms with Crippen molar-refractivity contribution in [3.63, 3.8) is 0 Å². The normalized spacial score (nSPS) is 49.8. The van der Waals surface area contributed by atoms with Gasteiger partial charge in [-0.25, -0.2) is 4.79 Å². The fourth-order valence-corrected chi connectivity index (χ4v) is 10.1. The van der Waals surface area contributed by atoms with Crippen LogP contribution in [0.5, 0.6) is 0 Å². The predicted molar refractivity (Wildman–Crippen MR) is 123 cm³/mol. The molecule has 12 unspecified atom stereocenters. The van der Waals surface area contributed by atoms with Crippen LogP contribution < -0.4 is 0 Å². The molecular formula is C28H40O5. The van der Waals surface area contributed by atoms with E-state index in [2.05, 4.69) is 6.58 Å². The Morgan fingerprint density at radius 3 is 2.09 bits per heavy atom. The van der Waals surface area contributed by atoms with Crippen LogP contribution in [-0.2, 0) is 23.8 Å². The van der Waals surface area contributed by atoms with Crippen LogP contribution in [0, 0.1) is 59.2 Å². The zero-order valence-corrected chi connectivity index (χ0v) is 20.2. The summed E-state index contributed by atoms with van der Waals surface area (Å²) in [7, 11) is 0. The van der Waals surface area contributed by atoms with Gasteiger partial charge in [0, 0.05) is 18.9 Å². The van der Waals surface area contributed by atoms with Gasteiger partial charge in [-0.1, -0.05) is 6.58 Å². The summed E-state index contributed by atoms with van der Waals surface area (Å²) in [6.45, 7) is 7.65. The molecule has 0 amide bonds. The molecule has 1 saturated heterocycles. The molecule has 1 heterocycles. The van der Waals surface area contributed by atoms with Gasteiger partial charge in [0.25, 0.3) is 0 Å². The third-order valence-electron chi connectivity index (χ3n) is 10.7. The molecule has 7 aliphatic rings. The van der Waals surface area contributed by atoms with E-state index in [1.165, 1.54) is 26.2 Å². The number of rotatable bonds is 3. The van der Waals surface area contributed by atoms with Gasteiger partial charge in [-0.2, -0.15) is 0 Å². The van der Waals surface area contributed by atoms with Crippen LogP contribution in [0.4, 0.5) is 0 Å².